The molecule has 1 aromatic carbocycles. The Labute approximate surface area is 142 Å². The zero-order valence-corrected chi connectivity index (χ0v) is 13.8. The molecular formula is C19H23N3O2. The van der Waals surface area contributed by atoms with E-state index in [0.717, 1.165) is 29.6 Å². The van der Waals surface area contributed by atoms with Gasteiger partial charge >= 0.3 is 0 Å². The highest BCUT2D eigenvalue weighted by Crippen LogP contribution is 2.22. The predicted molar refractivity (Wildman–Crippen MR) is 92.8 cm³/mol. The summed E-state index contributed by atoms with van der Waals surface area (Å²) in [5.74, 6) is 0.0281. The molecule has 0 aliphatic carbocycles. The van der Waals surface area contributed by atoms with E-state index in [1.54, 1.807) is 6.20 Å². The topological polar surface area (TPSA) is 54.5 Å². The van der Waals surface area contributed by atoms with Gasteiger partial charge < -0.3 is 10.1 Å². The lowest BCUT2D eigenvalue weighted by Crippen LogP contribution is -2.50. The van der Waals surface area contributed by atoms with E-state index >= 15 is 0 Å². The number of rotatable bonds is 4. The number of amides is 1. The lowest BCUT2D eigenvalue weighted by Gasteiger charge is -2.35. The van der Waals surface area contributed by atoms with Crippen molar-refractivity contribution >= 4 is 16.8 Å². The molecule has 0 unspecified atom stereocenters. The minimum atomic E-state index is 0.0281. The van der Waals surface area contributed by atoms with Crippen molar-refractivity contribution in [3.05, 3.63) is 42.1 Å². The van der Waals surface area contributed by atoms with Gasteiger partial charge in [-0.25, -0.2) is 0 Å². The van der Waals surface area contributed by atoms with Crippen LogP contribution < -0.4 is 5.32 Å². The minimum Gasteiger partial charge on any atom is -0.373 e. The van der Waals surface area contributed by atoms with Gasteiger partial charge in [0, 0.05) is 30.7 Å². The van der Waals surface area contributed by atoms with Crippen molar-refractivity contribution in [2.24, 2.45) is 0 Å². The first kappa shape index (κ1) is 15.5. The third-order valence-electron chi connectivity index (χ3n) is 5.06. The summed E-state index contributed by atoms with van der Waals surface area (Å²) in [6, 6.07) is 10.5. The Morgan fingerprint density at radius 2 is 2.25 bits per heavy atom. The lowest BCUT2D eigenvalue weighted by molar-refractivity contribution is -0.121. The molecule has 2 saturated heterocycles. The maximum atomic E-state index is 12.3. The van der Waals surface area contributed by atoms with Crippen LogP contribution in [0.25, 0.3) is 10.9 Å². The van der Waals surface area contributed by atoms with E-state index in [4.69, 9.17) is 4.74 Å². The molecule has 0 saturated carbocycles. The molecule has 5 heteroatoms. The number of para-hydroxylation sites is 1. The number of morpholine rings is 1. The van der Waals surface area contributed by atoms with Crippen molar-refractivity contribution in [2.45, 2.75) is 31.4 Å². The smallest absolute Gasteiger partial charge is 0.224 e. The maximum absolute atomic E-state index is 12.3. The number of pyridine rings is 1. The average Bonchev–Trinajstić information content (AvgIpc) is 3.08. The Hall–Kier alpha value is -1.98. The van der Waals surface area contributed by atoms with Gasteiger partial charge in [0.15, 0.2) is 0 Å². The molecule has 2 atom stereocenters. The molecule has 2 aliphatic heterocycles. The van der Waals surface area contributed by atoms with Gasteiger partial charge in [0.2, 0.25) is 5.91 Å². The van der Waals surface area contributed by atoms with Crippen LogP contribution in [-0.4, -0.2) is 54.2 Å². The number of nitrogens with one attached hydrogen (secondary N) is 1. The molecule has 0 spiro atoms. The molecule has 3 heterocycles. The minimum absolute atomic E-state index is 0.0281. The largest absolute Gasteiger partial charge is 0.373 e. The molecule has 1 N–H and O–H groups in total. The Balaban J connectivity index is 1.33. The number of nitrogens with zero attached hydrogens (tertiary/aromatic N) is 2. The van der Waals surface area contributed by atoms with Crippen LogP contribution >= 0.6 is 0 Å². The van der Waals surface area contributed by atoms with E-state index in [0.29, 0.717) is 19.0 Å². The highest BCUT2D eigenvalue weighted by Gasteiger charge is 2.32. The summed E-state index contributed by atoms with van der Waals surface area (Å²) in [5.41, 5.74) is 1.87. The average molecular weight is 325 g/mol. The second kappa shape index (κ2) is 6.87. The zero-order valence-electron chi connectivity index (χ0n) is 13.8. The molecular weight excluding hydrogens is 302 g/mol. The molecule has 24 heavy (non-hydrogen) atoms. The molecule has 2 aliphatic rings. The summed E-state index contributed by atoms with van der Waals surface area (Å²) in [4.78, 5) is 19.2. The first-order valence-electron chi connectivity index (χ1n) is 8.74. The molecule has 2 fully saturated rings. The Bertz CT molecular complexity index is 728. The monoisotopic (exact) mass is 325 g/mol. The number of ether oxygens (including phenoxy) is 1. The van der Waals surface area contributed by atoms with E-state index in [2.05, 4.69) is 15.2 Å². The van der Waals surface area contributed by atoms with Gasteiger partial charge in [-0.05, 0) is 31.0 Å². The number of benzene rings is 1. The third-order valence-corrected chi connectivity index (χ3v) is 5.06. The van der Waals surface area contributed by atoms with Crippen LogP contribution in [0.1, 0.15) is 18.4 Å². The van der Waals surface area contributed by atoms with Gasteiger partial charge in [-0.3, -0.25) is 14.7 Å². The van der Waals surface area contributed by atoms with Crippen molar-refractivity contribution < 1.29 is 9.53 Å². The van der Waals surface area contributed by atoms with Crippen molar-refractivity contribution in [3.63, 3.8) is 0 Å². The van der Waals surface area contributed by atoms with E-state index < -0.39 is 0 Å². The van der Waals surface area contributed by atoms with Crippen molar-refractivity contribution in [3.8, 4) is 0 Å². The first-order chi connectivity index (χ1) is 11.8. The summed E-state index contributed by atoms with van der Waals surface area (Å²) in [5, 5.41) is 4.10. The molecule has 1 amide bonds. The highest BCUT2D eigenvalue weighted by molar-refractivity contribution is 5.87. The Morgan fingerprint density at radius 1 is 1.33 bits per heavy atom. The molecule has 0 bridgehead atoms. The van der Waals surface area contributed by atoms with Crippen LogP contribution in [0.2, 0.25) is 0 Å². The molecule has 2 aromatic rings. The molecule has 5 nitrogen and oxygen atoms in total. The van der Waals surface area contributed by atoms with Gasteiger partial charge in [0.1, 0.15) is 0 Å². The van der Waals surface area contributed by atoms with Gasteiger partial charge in [0.05, 0.1) is 24.6 Å². The van der Waals surface area contributed by atoms with Crippen LogP contribution in [0.4, 0.5) is 0 Å². The molecule has 126 valence electrons. The van der Waals surface area contributed by atoms with Crippen LogP contribution in [0.3, 0.4) is 0 Å². The molecule has 4 rings (SSSR count). The molecule has 1 aromatic heterocycles. The third kappa shape index (κ3) is 3.28. The van der Waals surface area contributed by atoms with E-state index in [9.17, 15) is 4.79 Å². The number of carbonyl (C=O) groups excluding carboxylic acids is 1. The van der Waals surface area contributed by atoms with Crippen molar-refractivity contribution in [1.29, 1.82) is 0 Å². The summed E-state index contributed by atoms with van der Waals surface area (Å²) < 4.78 is 5.89. The number of carbonyl (C=O) groups is 1. The second-order valence-electron chi connectivity index (χ2n) is 6.72. The number of hydrogen-bond donors (Lipinski definition) is 1. The van der Waals surface area contributed by atoms with Crippen LogP contribution in [0, 0.1) is 0 Å². The van der Waals surface area contributed by atoms with Gasteiger partial charge in [-0.15, -0.1) is 0 Å². The fourth-order valence-corrected chi connectivity index (χ4v) is 3.78. The summed E-state index contributed by atoms with van der Waals surface area (Å²) in [6.07, 6.45) is 4.74. The normalized spacial score (nSPS) is 24.0. The van der Waals surface area contributed by atoms with Crippen molar-refractivity contribution in [1.82, 2.24) is 15.2 Å². The summed E-state index contributed by atoms with van der Waals surface area (Å²) >= 11 is 0. The lowest BCUT2D eigenvalue weighted by atomic mass is 10.1. The molecule has 0 radical (unpaired) electrons. The van der Waals surface area contributed by atoms with Gasteiger partial charge in [-0.1, -0.05) is 24.3 Å². The highest BCUT2D eigenvalue weighted by atomic mass is 16.5. The van der Waals surface area contributed by atoms with E-state index in [-0.39, 0.29) is 12.0 Å². The van der Waals surface area contributed by atoms with Crippen LogP contribution in [0.5, 0.6) is 0 Å². The summed E-state index contributed by atoms with van der Waals surface area (Å²) in [7, 11) is 0. The quantitative estimate of drug-likeness (QED) is 0.931. The van der Waals surface area contributed by atoms with Gasteiger partial charge in [0.25, 0.3) is 0 Å². The SMILES string of the molecule is O=C(Cc1cccc2cccnc12)NC[C@H]1CN2CCC[C@H]2CO1. The Morgan fingerprint density at radius 3 is 3.21 bits per heavy atom. The van der Waals surface area contributed by atoms with Crippen LogP contribution in [-0.2, 0) is 16.0 Å². The number of fused-ring (bicyclic) bond motifs is 2. The Kier molecular flexibility index (Phi) is 4.45. The second-order valence-corrected chi connectivity index (χ2v) is 6.72. The van der Waals surface area contributed by atoms with Crippen LogP contribution in [0.15, 0.2) is 36.5 Å². The number of hydrogen-bond acceptors (Lipinski definition) is 4. The van der Waals surface area contributed by atoms with Gasteiger partial charge in [-0.2, -0.15) is 0 Å². The number of aromatic nitrogens is 1. The zero-order chi connectivity index (χ0) is 16.4. The predicted octanol–water partition coefficient (Wildman–Crippen LogP) is 1.76. The first-order valence-corrected chi connectivity index (χ1v) is 8.74. The van der Waals surface area contributed by atoms with Crippen molar-refractivity contribution in [2.75, 3.05) is 26.2 Å². The summed E-state index contributed by atoms with van der Waals surface area (Å²) in [6.45, 7) is 3.48. The van der Waals surface area contributed by atoms with E-state index in [1.165, 1.54) is 19.4 Å². The fourth-order valence-electron chi connectivity index (χ4n) is 3.78. The van der Waals surface area contributed by atoms with E-state index in [1.807, 2.05) is 30.3 Å². The fraction of sp³-hybridized carbons (Fsp3) is 0.474. The standard InChI is InChI=1S/C19H23N3O2/c23-18(10-15-5-1-4-14-6-2-8-20-19(14)15)21-11-17-12-22-9-3-7-16(22)13-24-17/h1-2,4-6,8,16-17H,3,7,9-13H2,(H,21,23)/t16-,17-/m0/s1. The maximum Gasteiger partial charge on any atom is 0.224 e.